The molecule has 25 heavy (non-hydrogen) atoms. The second kappa shape index (κ2) is 7.96. The molecular weight excluding hydrogens is 385 g/mol. The Labute approximate surface area is 160 Å². The first-order valence-corrected chi connectivity index (χ1v) is 22.7. The predicted octanol–water partition coefficient (Wildman–Crippen LogP) is 5.76. The van der Waals surface area contributed by atoms with Crippen molar-refractivity contribution in [2.24, 2.45) is 0 Å². The Morgan fingerprint density at radius 3 is 0.680 bits per heavy atom. The van der Waals surface area contributed by atoms with Gasteiger partial charge in [0.2, 0.25) is 0 Å². The quantitative estimate of drug-likeness (QED) is 0.328. The third-order valence-corrected chi connectivity index (χ3v) is 6.27. The van der Waals surface area contributed by atoms with Crippen molar-refractivity contribution in [2.75, 3.05) is 0 Å². The maximum absolute atomic E-state index is 6.38. The Morgan fingerprint density at radius 2 is 0.560 bits per heavy atom. The van der Waals surface area contributed by atoms with E-state index in [1.807, 2.05) is 13.8 Å². The Hall–Kier alpha value is 0.668. The fourth-order valence-corrected chi connectivity index (χ4v) is 7.64. The molecule has 0 aliphatic heterocycles. The average Bonchev–Trinajstić information content (AvgIpc) is 1.97. The second-order valence-corrected chi connectivity index (χ2v) is 28.4. The number of hydrogen-bond acceptors (Lipinski definition) is 5. The van der Waals surface area contributed by atoms with Gasteiger partial charge in [-0.3, -0.25) is 4.74 Å². The Morgan fingerprint density at radius 1 is 0.400 bits per heavy atom. The van der Waals surface area contributed by atoms with E-state index in [1.165, 1.54) is 0 Å². The topological polar surface area (TPSA) is 46.2 Å². The van der Waals surface area contributed by atoms with Crippen LogP contribution in [-0.4, -0.2) is 45.2 Å². The van der Waals surface area contributed by atoms with Crippen molar-refractivity contribution in [1.82, 2.24) is 0 Å². The van der Waals surface area contributed by atoms with Crippen LogP contribution in [0, 0.1) is 0 Å². The van der Waals surface area contributed by atoms with Gasteiger partial charge in [0.25, 0.3) is 11.9 Å². The summed E-state index contributed by atoms with van der Waals surface area (Å²) < 4.78 is 31.7. The van der Waals surface area contributed by atoms with Gasteiger partial charge >= 0.3 is 0 Å². The van der Waals surface area contributed by atoms with Crippen LogP contribution in [0.25, 0.3) is 0 Å². The molecule has 0 N–H and O–H groups in total. The van der Waals surface area contributed by atoms with Crippen molar-refractivity contribution in [3.8, 4) is 0 Å². The zero-order valence-corrected chi connectivity index (χ0v) is 23.0. The summed E-state index contributed by atoms with van der Waals surface area (Å²) in [6, 6.07) is 0. The lowest BCUT2D eigenvalue weighted by Gasteiger charge is -2.47. The molecule has 0 bridgehead atoms. The van der Waals surface area contributed by atoms with Crippen molar-refractivity contribution in [2.45, 2.75) is 104 Å². The minimum atomic E-state index is -1.93. The molecule has 0 heterocycles. The largest absolute Gasteiger partial charge is 0.370 e. The normalized spacial score (nSPS) is 15.6. The van der Waals surface area contributed by atoms with E-state index in [1.54, 1.807) is 0 Å². The highest BCUT2D eigenvalue weighted by Gasteiger charge is 2.47. The fraction of sp³-hybridized carbons (Fsp3) is 1.00. The molecule has 0 aliphatic rings. The van der Waals surface area contributed by atoms with E-state index in [4.69, 9.17) is 22.4 Å². The van der Waals surface area contributed by atoms with Gasteiger partial charge < -0.3 is 17.7 Å². The maximum atomic E-state index is 6.38. The van der Waals surface area contributed by atoms with Crippen LogP contribution in [0.15, 0.2) is 0 Å². The van der Waals surface area contributed by atoms with Gasteiger partial charge in [0.1, 0.15) is 0 Å². The SMILES string of the molecule is CC(OC(C)(O[Si](C)(C)C)O[Si](C)(C)C)(O[Si](C)(C)C)O[Si](C)(C)C. The maximum Gasteiger partial charge on any atom is 0.265 e. The van der Waals surface area contributed by atoms with Crippen LogP contribution in [0.4, 0.5) is 0 Å². The van der Waals surface area contributed by atoms with Crippen LogP contribution < -0.4 is 0 Å². The molecule has 0 fully saturated rings. The van der Waals surface area contributed by atoms with Crippen LogP contribution in [0.1, 0.15) is 13.8 Å². The van der Waals surface area contributed by atoms with Gasteiger partial charge in [-0.1, -0.05) is 0 Å². The monoisotopic (exact) mass is 426 g/mol. The van der Waals surface area contributed by atoms with Crippen LogP contribution in [0.5, 0.6) is 0 Å². The average molecular weight is 427 g/mol. The first-order chi connectivity index (χ1) is 10.5. The van der Waals surface area contributed by atoms with Gasteiger partial charge in [0.05, 0.1) is 0 Å². The van der Waals surface area contributed by atoms with E-state index in [9.17, 15) is 0 Å². The molecular formula is C16H42O5Si4. The van der Waals surface area contributed by atoms with Gasteiger partial charge in [-0.25, -0.2) is 0 Å². The number of hydrogen-bond donors (Lipinski definition) is 0. The molecule has 0 aromatic carbocycles. The molecule has 152 valence electrons. The lowest BCUT2D eigenvalue weighted by molar-refractivity contribution is -0.431. The van der Waals surface area contributed by atoms with Crippen LogP contribution in [-0.2, 0) is 22.4 Å². The molecule has 0 radical (unpaired) electrons. The Balaban J connectivity index is 5.79. The van der Waals surface area contributed by atoms with Crippen molar-refractivity contribution in [3.63, 3.8) is 0 Å². The van der Waals surface area contributed by atoms with Gasteiger partial charge in [0.15, 0.2) is 33.3 Å². The first-order valence-electron chi connectivity index (χ1n) is 9.04. The highest BCUT2D eigenvalue weighted by Crippen LogP contribution is 2.34. The smallest absolute Gasteiger partial charge is 0.265 e. The molecule has 0 amide bonds. The molecule has 0 aromatic rings. The van der Waals surface area contributed by atoms with E-state index < -0.39 is 45.2 Å². The van der Waals surface area contributed by atoms with Gasteiger partial charge in [0, 0.05) is 13.8 Å². The lowest BCUT2D eigenvalue weighted by Crippen LogP contribution is -2.58. The first kappa shape index (κ1) is 25.7. The molecule has 0 saturated carbocycles. The van der Waals surface area contributed by atoms with E-state index >= 15 is 0 Å². The van der Waals surface area contributed by atoms with Crippen molar-refractivity contribution < 1.29 is 22.4 Å². The van der Waals surface area contributed by atoms with Crippen molar-refractivity contribution >= 4 is 33.3 Å². The molecule has 0 saturated heterocycles. The molecule has 0 aliphatic carbocycles. The predicted molar refractivity (Wildman–Crippen MR) is 116 cm³/mol. The third-order valence-electron chi connectivity index (χ3n) is 2.34. The molecule has 9 heteroatoms. The summed E-state index contributed by atoms with van der Waals surface area (Å²) >= 11 is 0. The van der Waals surface area contributed by atoms with Crippen LogP contribution in [0.2, 0.25) is 78.6 Å². The molecule has 0 atom stereocenters. The fourth-order valence-electron chi connectivity index (χ4n) is 2.69. The van der Waals surface area contributed by atoms with Gasteiger partial charge in [-0.15, -0.1) is 0 Å². The van der Waals surface area contributed by atoms with Crippen LogP contribution in [0.3, 0.4) is 0 Å². The summed E-state index contributed by atoms with van der Waals surface area (Å²) in [7, 11) is -7.70. The highest BCUT2D eigenvalue weighted by molar-refractivity contribution is 6.71. The minimum Gasteiger partial charge on any atom is -0.370 e. The van der Waals surface area contributed by atoms with E-state index in [2.05, 4.69) is 78.6 Å². The molecule has 5 nitrogen and oxygen atoms in total. The summed E-state index contributed by atoms with van der Waals surface area (Å²) in [4.78, 5) is 0. The van der Waals surface area contributed by atoms with E-state index in [0.29, 0.717) is 0 Å². The van der Waals surface area contributed by atoms with Crippen molar-refractivity contribution in [3.05, 3.63) is 0 Å². The standard InChI is InChI=1S/C16H42O5Si4/c1-15(18-22(3,4)5,19-23(6,7)8)17-16(2,20-24(9,10)11)21-25(12,13)14/h1-14H3. The summed E-state index contributed by atoms with van der Waals surface area (Å²) in [6.45, 7) is 29.2. The lowest BCUT2D eigenvalue weighted by atomic mass is 10.6. The van der Waals surface area contributed by atoms with Gasteiger partial charge in [-0.05, 0) is 78.6 Å². The van der Waals surface area contributed by atoms with Gasteiger partial charge in [-0.2, -0.15) is 0 Å². The molecule has 0 aromatic heterocycles. The number of ether oxygens (including phenoxy) is 1. The van der Waals surface area contributed by atoms with Crippen LogP contribution >= 0.6 is 0 Å². The summed E-state index contributed by atoms with van der Waals surface area (Å²) in [6.07, 6.45) is 0. The zero-order valence-electron chi connectivity index (χ0n) is 19.0. The summed E-state index contributed by atoms with van der Waals surface area (Å²) in [5.74, 6) is -2.38. The molecule has 0 spiro atoms. The second-order valence-electron chi connectivity index (χ2n) is 10.7. The van der Waals surface area contributed by atoms with E-state index in [0.717, 1.165) is 0 Å². The third kappa shape index (κ3) is 13.5. The summed E-state index contributed by atoms with van der Waals surface area (Å²) in [5, 5.41) is 0. The van der Waals surface area contributed by atoms with Crippen molar-refractivity contribution in [1.29, 1.82) is 0 Å². The molecule has 0 rings (SSSR count). The Kier molecular flexibility index (Phi) is 8.17. The number of rotatable bonds is 10. The highest BCUT2D eigenvalue weighted by atomic mass is 28.4. The Bertz CT molecular complexity index is 358. The zero-order chi connectivity index (χ0) is 20.5. The summed E-state index contributed by atoms with van der Waals surface area (Å²) in [5.41, 5.74) is 0. The molecule has 0 unspecified atom stereocenters. The van der Waals surface area contributed by atoms with E-state index in [-0.39, 0.29) is 0 Å². The minimum absolute atomic E-state index is 1.19.